The third-order valence-electron chi connectivity index (χ3n) is 4.21. The Morgan fingerprint density at radius 1 is 1.22 bits per heavy atom. The van der Waals surface area contributed by atoms with Crippen LogP contribution in [0.3, 0.4) is 0 Å². The first-order valence-electron chi connectivity index (χ1n) is 8.87. The van der Waals surface area contributed by atoms with Gasteiger partial charge in [-0.1, -0.05) is 18.2 Å². The van der Waals surface area contributed by atoms with E-state index in [1.807, 2.05) is 42.5 Å². The van der Waals surface area contributed by atoms with Crippen molar-refractivity contribution in [3.8, 4) is 5.75 Å². The van der Waals surface area contributed by atoms with Gasteiger partial charge < -0.3 is 14.8 Å². The number of benzene rings is 2. The van der Waals surface area contributed by atoms with Gasteiger partial charge in [-0.2, -0.15) is 5.10 Å². The Balaban J connectivity index is 1.59. The van der Waals surface area contributed by atoms with Gasteiger partial charge in [0.15, 0.2) is 5.11 Å². The fraction of sp³-hybridized carbons (Fsp3) is 0.300. The lowest BCUT2D eigenvalue weighted by atomic mass is 10.1. The molecule has 0 radical (unpaired) electrons. The van der Waals surface area contributed by atoms with E-state index in [0.717, 1.165) is 55.4 Å². The van der Waals surface area contributed by atoms with Gasteiger partial charge in [-0.25, -0.2) is 0 Å². The van der Waals surface area contributed by atoms with Crippen LogP contribution in [0.5, 0.6) is 5.75 Å². The Bertz CT molecular complexity index is 777. The second kappa shape index (κ2) is 10.0. The normalized spacial score (nSPS) is 14.9. The zero-order valence-electron chi connectivity index (χ0n) is 15.4. The Morgan fingerprint density at radius 2 is 2.00 bits per heavy atom. The van der Waals surface area contributed by atoms with Crippen molar-refractivity contribution in [2.75, 3.05) is 38.7 Å². The first-order chi connectivity index (χ1) is 13.2. The lowest BCUT2D eigenvalue weighted by Crippen LogP contribution is -2.35. The fourth-order valence-electron chi connectivity index (χ4n) is 2.85. The van der Waals surface area contributed by atoms with Crippen molar-refractivity contribution in [3.63, 3.8) is 0 Å². The molecule has 0 aliphatic carbocycles. The van der Waals surface area contributed by atoms with Crippen LogP contribution >= 0.6 is 12.2 Å². The lowest BCUT2D eigenvalue weighted by Gasteiger charge is -2.27. The number of rotatable bonds is 6. The summed E-state index contributed by atoms with van der Waals surface area (Å²) in [5.74, 6) is 0.882. The van der Waals surface area contributed by atoms with Crippen molar-refractivity contribution in [2.45, 2.75) is 6.54 Å². The van der Waals surface area contributed by atoms with Crippen molar-refractivity contribution < 1.29 is 9.47 Å². The van der Waals surface area contributed by atoms with Crippen LogP contribution in [0.25, 0.3) is 0 Å². The summed E-state index contributed by atoms with van der Waals surface area (Å²) >= 11 is 5.25. The number of hydrogen-bond donors (Lipinski definition) is 2. The minimum atomic E-state index is 0.444. The van der Waals surface area contributed by atoms with Gasteiger partial charge in [0.25, 0.3) is 0 Å². The second-order valence-electron chi connectivity index (χ2n) is 6.15. The van der Waals surface area contributed by atoms with Gasteiger partial charge in [0.1, 0.15) is 5.75 Å². The number of morpholine rings is 1. The highest BCUT2D eigenvalue weighted by Crippen LogP contribution is 2.21. The predicted octanol–water partition coefficient (Wildman–Crippen LogP) is 2.85. The van der Waals surface area contributed by atoms with Crippen LogP contribution in [0.15, 0.2) is 53.6 Å². The Hall–Kier alpha value is -2.48. The van der Waals surface area contributed by atoms with Gasteiger partial charge in [0.05, 0.1) is 26.5 Å². The van der Waals surface area contributed by atoms with Gasteiger partial charge in [0.2, 0.25) is 0 Å². The van der Waals surface area contributed by atoms with Crippen LogP contribution < -0.4 is 15.5 Å². The smallest absolute Gasteiger partial charge is 0.191 e. The van der Waals surface area contributed by atoms with Gasteiger partial charge in [-0.05, 0) is 48.1 Å². The third kappa shape index (κ3) is 6.02. The van der Waals surface area contributed by atoms with Gasteiger partial charge >= 0.3 is 0 Å². The standard InChI is InChI=1S/C20H24N4O2S/c1-25-19-8-7-16(13-17(19)15-24-9-11-26-12-10-24)14-21-23-20(27)22-18-5-3-2-4-6-18/h2-8,13-14H,9-12,15H2,1H3,(H2,22,23,27). The molecule has 2 aromatic carbocycles. The highest BCUT2D eigenvalue weighted by Gasteiger charge is 2.13. The maximum atomic E-state index is 5.50. The van der Waals surface area contributed by atoms with Crippen molar-refractivity contribution >= 4 is 29.2 Å². The summed E-state index contributed by atoms with van der Waals surface area (Å²) in [7, 11) is 1.70. The number of nitrogens with one attached hydrogen (secondary N) is 2. The number of ether oxygens (including phenoxy) is 2. The molecule has 142 valence electrons. The lowest BCUT2D eigenvalue weighted by molar-refractivity contribution is 0.0339. The number of para-hydroxylation sites is 1. The van der Waals surface area contributed by atoms with E-state index in [4.69, 9.17) is 21.7 Å². The van der Waals surface area contributed by atoms with Crippen LogP contribution in [0.2, 0.25) is 0 Å². The second-order valence-corrected chi connectivity index (χ2v) is 6.56. The minimum Gasteiger partial charge on any atom is -0.496 e. The molecule has 0 unspecified atom stereocenters. The van der Waals surface area contributed by atoms with Crippen LogP contribution in [-0.4, -0.2) is 49.6 Å². The molecule has 0 amide bonds. The zero-order valence-corrected chi connectivity index (χ0v) is 16.2. The number of methoxy groups -OCH3 is 1. The predicted molar refractivity (Wildman–Crippen MR) is 112 cm³/mol. The fourth-order valence-corrected chi connectivity index (χ4v) is 3.02. The number of hydrogen-bond acceptors (Lipinski definition) is 5. The Morgan fingerprint density at radius 3 is 2.74 bits per heavy atom. The molecule has 1 saturated heterocycles. The quantitative estimate of drug-likeness (QED) is 0.454. The van der Waals surface area contributed by atoms with E-state index in [9.17, 15) is 0 Å². The SMILES string of the molecule is COc1ccc(C=NNC(=S)Nc2ccccc2)cc1CN1CCOCC1. The molecule has 2 aromatic rings. The summed E-state index contributed by atoms with van der Waals surface area (Å²) < 4.78 is 10.9. The molecular weight excluding hydrogens is 360 g/mol. The molecule has 2 N–H and O–H groups in total. The topological polar surface area (TPSA) is 58.1 Å². The van der Waals surface area contributed by atoms with Crippen LogP contribution in [-0.2, 0) is 11.3 Å². The molecule has 27 heavy (non-hydrogen) atoms. The molecule has 0 spiro atoms. The first-order valence-corrected chi connectivity index (χ1v) is 9.27. The van der Waals surface area contributed by atoms with Crippen molar-refractivity contribution in [1.29, 1.82) is 0 Å². The Labute approximate surface area is 165 Å². The molecule has 1 fully saturated rings. The van der Waals surface area contributed by atoms with Crippen molar-refractivity contribution in [2.24, 2.45) is 5.10 Å². The molecule has 6 nitrogen and oxygen atoms in total. The average Bonchev–Trinajstić information content (AvgIpc) is 2.70. The molecule has 0 aromatic heterocycles. The molecule has 3 rings (SSSR count). The molecule has 1 aliphatic heterocycles. The molecule has 7 heteroatoms. The highest BCUT2D eigenvalue weighted by molar-refractivity contribution is 7.80. The number of nitrogens with zero attached hydrogens (tertiary/aromatic N) is 2. The summed E-state index contributed by atoms with van der Waals surface area (Å²) in [6, 6.07) is 15.8. The van der Waals surface area contributed by atoms with Gasteiger partial charge in [0, 0.05) is 30.9 Å². The van der Waals surface area contributed by atoms with E-state index >= 15 is 0 Å². The van der Waals surface area contributed by atoms with Crippen LogP contribution in [0.1, 0.15) is 11.1 Å². The first kappa shape index (κ1) is 19.3. The number of anilines is 1. The van der Waals surface area contributed by atoms with E-state index < -0.39 is 0 Å². The van der Waals surface area contributed by atoms with E-state index in [1.165, 1.54) is 0 Å². The monoisotopic (exact) mass is 384 g/mol. The van der Waals surface area contributed by atoms with Gasteiger partial charge in [-0.15, -0.1) is 0 Å². The van der Waals surface area contributed by atoms with Gasteiger partial charge in [-0.3, -0.25) is 10.3 Å². The third-order valence-corrected chi connectivity index (χ3v) is 4.41. The Kier molecular flexibility index (Phi) is 7.15. The highest BCUT2D eigenvalue weighted by atomic mass is 32.1. The zero-order chi connectivity index (χ0) is 18.9. The molecule has 0 atom stereocenters. The van der Waals surface area contributed by atoms with E-state index in [2.05, 4.69) is 26.8 Å². The molecule has 1 aliphatic rings. The molecular formula is C20H24N4O2S. The minimum absolute atomic E-state index is 0.444. The largest absolute Gasteiger partial charge is 0.496 e. The van der Waals surface area contributed by atoms with Crippen molar-refractivity contribution in [1.82, 2.24) is 10.3 Å². The van der Waals surface area contributed by atoms with E-state index in [-0.39, 0.29) is 0 Å². The molecule has 0 bridgehead atoms. The summed E-state index contributed by atoms with van der Waals surface area (Å²) in [5, 5.41) is 7.75. The summed E-state index contributed by atoms with van der Waals surface area (Å²) in [6.07, 6.45) is 1.75. The molecule has 1 heterocycles. The maximum absolute atomic E-state index is 5.50. The average molecular weight is 385 g/mol. The van der Waals surface area contributed by atoms with Crippen LogP contribution in [0.4, 0.5) is 5.69 Å². The maximum Gasteiger partial charge on any atom is 0.191 e. The summed E-state index contributed by atoms with van der Waals surface area (Å²) in [5.41, 5.74) is 5.87. The van der Waals surface area contributed by atoms with Crippen LogP contribution in [0, 0.1) is 0 Å². The summed E-state index contributed by atoms with van der Waals surface area (Å²) in [6.45, 7) is 4.25. The summed E-state index contributed by atoms with van der Waals surface area (Å²) in [4.78, 5) is 2.36. The van der Waals surface area contributed by atoms with E-state index in [0.29, 0.717) is 5.11 Å². The number of thiocarbonyl (C=S) groups is 1. The van der Waals surface area contributed by atoms with E-state index in [1.54, 1.807) is 13.3 Å². The number of hydrazone groups is 1. The van der Waals surface area contributed by atoms with Crippen molar-refractivity contribution in [3.05, 3.63) is 59.7 Å². The molecule has 0 saturated carbocycles.